The van der Waals surface area contributed by atoms with Gasteiger partial charge in [-0.3, -0.25) is 4.99 Å². The third kappa shape index (κ3) is 9.71. The Bertz CT molecular complexity index is 373. The van der Waals surface area contributed by atoms with Crippen LogP contribution in [0.2, 0.25) is 0 Å². The normalized spacial score (nSPS) is 21.7. The summed E-state index contributed by atoms with van der Waals surface area (Å²) < 4.78 is 11.1. The van der Waals surface area contributed by atoms with E-state index in [9.17, 15) is 0 Å². The Balaban J connectivity index is 0.00000338. The van der Waals surface area contributed by atoms with Crippen molar-refractivity contribution in [3.05, 3.63) is 0 Å². The van der Waals surface area contributed by atoms with Crippen LogP contribution < -0.4 is 10.6 Å². The van der Waals surface area contributed by atoms with Crippen LogP contribution in [-0.2, 0) is 9.47 Å². The van der Waals surface area contributed by atoms with Crippen molar-refractivity contribution in [2.75, 3.05) is 53.0 Å². The molecule has 2 fully saturated rings. The van der Waals surface area contributed by atoms with Gasteiger partial charge in [0, 0.05) is 45.4 Å². The highest BCUT2D eigenvalue weighted by molar-refractivity contribution is 14.0. The molecule has 0 bridgehead atoms. The van der Waals surface area contributed by atoms with Gasteiger partial charge in [0.1, 0.15) is 0 Å². The van der Waals surface area contributed by atoms with Crippen molar-refractivity contribution in [3.63, 3.8) is 0 Å². The minimum atomic E-state index is 0. The predicted octanol–water partition coefficient (Wildman–Crippen LogP) is 2.62. The van der Waals surface area contributed by atoms with Gasteiger partial charge in [-0.1, -0.05) is 19.3 Å². The third-order valence-electron chi connectivity index (χ3n) is 5.11. The fraction of sp³-hybridized carbons (Fsp3) is 0.947. The first-order chi connectivity index (χ1) is 12.3. The van der Waals surface area contributed by atoms with Gasteiger partial charge < -0.3 is 25.0 Å². The Morgan fingerprint density at radius 3 is 2.69 bits per heavy atom. The largest absolute Gasteiger partial charge is 0.379 e. The highest BCUT2D eigenvalue weighted by Crippen LogP contribution is 2.21. The van der Waals surface area contributed by atoms with E-state index in [4.69, 9.17) is 9.47 Å². The maximum atomic E-state index is 5.78. The molecule has 1 saturated carbocycles. The van der Waals surface area contributed by atoms with Crippen molar-refractivity contribution in [1.82, 2.24) is 15.5 Å². The summed E-state index contributed by atoms with van der Waals surface area (Å²) in [6.07, 6.45) is 9.19. The molecule has 1 unspecified atom stereocenters. The number of nitrogens with zero attached hydrogens (tertiary/aromatic N) is 2. The summed E-state index contributed by atoms with van der Waals surface area (Å²) in [6, 6.07) is 0.770. The molecule has 0 radical (unpaired) electrons. The molecule has 1 saturated heterocycles. The molecule has 1 aliphatic carbocycles. The van der Waals surface area contributed by atoms with E-state index >= 15 is 0 Å². The number of nitrogens with one attached hydrogen (secondary N) is 2. The van der Waals surface area contributed by atoms with Crippen molar-refractivity contribution in [3.8, 4) is 0 Å². The number of hydrogen-bond donors (Lipinski definition) is 2. The SMILES string of the molecule is CCNC(=NCCCOC1CCOC1)NCCN(C)C1CCCCC1.I. The van der Waals surface area contributed by atoms with E-state index in [-0.39, 0.29) is 24.0 Å². The molecule has 0 aromatic heterocycles. The monoisotopic (exact) mass is 482 g/mol. The molecule has 1 aliphatic heterocycles. The molecule has 7 heteroatoms. The number of rotatable bonds is 10. The Labute approximate surface area is 176 Å². The van der Waals surface area contributed by atoms with Gasteiger partial charge in [0.05, 0.1) is 12.7 Å². The van der Waals surface area contributed by atoms with Gasteiger partial charge in [0.15, 0.2) is 5.96 Å². The molecule has 2 aliphatic rings. The number of likely N-dealkylation sites (N-methyl/N-ethyl adjacent to an activating group) is 1. The van der Waals surface area contributed by atoms with E-state index in [0.717, 1.165) is 70.8 Å². The van der Waals surface area contributed by atoms with Crippen LogP contribution in [0.4, 0.5) is 0 Å². The average molecular weight is 482 g/mol. The molecular formula is C19H39IN4O2. The highest BCUT2D eigenvalue weighted by atomic mass is 127. The number of aliphatic imine (C=N–C) groups is 1. The van der Waals surface area contributed by atoms with E-state index in [2.05, 4.69) is 34.5 Å². The molecule has 1 atom stereocenters. The van der Waals surface area contributed by atoms with Gasteiger partial charge in [-0.05, 0) is 39.7 Å². The second kappa shape index (κ2) is 14.9. The second-order valence-electron chi connectivity index (χ2n) is 7.17. The molecule has 0 aromatic rings. The molecule has 1 heterocycles. The lowest BCUT2D eigenvalue weighted by atomic mass is 9.94. The fourth-order valence-electron chi connectivity index (χ4n) is 3.55. The summed E-state index contributed by atoms with van der Waals surface area (Å²) in [5.74, 6) is 0.920. The predicted molar refractivity (Wildman–Crippen MR) is 119 cm³/mol. The number of halogens is 1. The quantitative estimate of drug-likeness (QED) is 0.217. The average Bonchev–Trinajstić information content (AvgIpc) is 3.15. The second-order valence-corrected chi connectivity index (χ2v) is 7.17. The van der Waals surface area contributed by atoms with E-state index in [1.165, 1.54) is 32.1 Å². The summed E-state index contributed by atoms with van der Waals surface area (Å²) >= 11 is 0. The number of guanidine groups is 1. The minimum Gasteiger partial charge on any atom is -0.379 e. The summed E-state index contributed by atoms with van der Waals surface area (Å²) in [5, 5.41) is 6.79. The zero-order valence-electron chi connectivity index (χ0n) is 16.7. The van der Waals surface area contributed by atoms with Crippen LogP contribution in [0.25, 0.3) is 0 Å². The molecule has 0 amide bonds. The van der Waals surface area contributed by atoms with E-state index in [0.29, 0.717) is 6.10 Å². The Kier molecular flexibility index (Phi) is 13.7. The van der Waals surface area contributed by atoms with E-state index in [1.807, 2.05) is 0 Å². The molecule has 2 rings (SSSR count). The number of ether oxygens (including phenoxy) is 2. The molecule has 26 heavy (non-hydrogen) atoms. The lowest BCUT2D eigenvalue weighted by Crippen LogP contribution is -2.43. The van der Waals surface area contributed by atoms with Gasteiger partial charge in [-0.25, -0.2) is 0 Å². The van der Waals surface area contributed by atoms with Crippen molar-refractivity contribution < 1.29 is 9.47 Å². The third-order valence-corrected chi connectivity index (χ3v) is 5.11. The Morgan fingerprint density at radius 2 is 2.00 bits per heavy atom. The van der Waals surface area contributed by atoms with Crippen molar-refractivity contribution >= 4 is 29.9 Å². The van der Waals surface area contributed by atoms with Gasteiger partial charge in [0.2, 0.25) is 0 Å². The topological polar surface area (TPSA) is 58.1 Å². The molecule has 2 N–H and O–H groups in total. The number of hydrogen-bond acceptors (Lipinski definition) is 4. The maximum Gasteiger partial charge on any atom is 0.191 e. The van der Waals surface area contributed by atoms with Gasteiger partial charge in [0.25, 0.3) is 0 Å². The van der Waals surface area contributed by atoms with Crippen molar-refractivity contribution in [2.24, 2.45) is 4.99 Å². The van der Waals surface area contributed by atoms with Crippen LogP contribution >= 0.6 is 24.0 Å². The summed E-state index contributed by atoms with van der Waals surface area (Å²) in [5.41, 5.74) is 0. The van der Waals surface area contributed by atoms with Gasteiger partial charge >= 0.3 is 0 Å². The van der Waals surface area contributed by atoms with Gasteiger partial charge in [-0.15, -0.1) is 24.0 Å². The van der Waals surface area contributed by atoms with E-state index < -0.39 is 0 Å². The minimum absolute atomic E-state index is 0. The molecule has 154 valence electrons. The first kappa shape index (κ1) is 23.9. The standard InChI is InChI=1S/C19H38N4O2.HI/c1-3-20-19(21-11-7-14-25-18-10-15-24-16-18)22-12-13-23(2)17-8-5-4-6-9-17;/h17-18H,3-16H2,1-2H3,(H2,20,21,22);1H. The Morgan fingerprint density at radius 1 is 1.19 bits per heavy atom. The van der Waals surface area contributed by atoms with Crippen LogP contribution in [0.3, 0.4) is 0 Å². The van der Waals surface area contributed by atoms with Gasteiger partial charge in [-0.2, -0.15) is 0 Å². The van der Waals surface area contributed by atoms with Crippen molar-refractivity contribution in [2.45, 2.75) is 64.0 Å². The first-order valence-corrected chi connectivity index (χ1v) is 10.2. The van der Waals surface area contributed by atoms with E-state index in [1.54, 1.807) is 0 Å². The fourth-order valence-corrected chi connectivity index (χ4v) is 3.55. The summed E-state index contributed by atoms with van der Waals surface area (Å²) in [4.78, 5) is 7.16. The maximum absolute atomic E-state index is 5.78. The zero-order chi connectivity index (χ0) is 17.7. The first-order valence-electron chi connectivity index (χ1n) is 10.2. The smallest absolute Gasteiger partial charge is 0.191 e. The molecule has 0 aromatic carbocycles. The zero-order valence-corrected chi connectivity index (χ0v) is 19.0. The Hall–Kier alpha value is -0.120. The van der Waals surface area contributed by atoms with Crippen molar-refractivity contribution in [1.29, 1.82) is 0 Å². The summed E-state index contributed by atoms with van der Waals surface area (Å²) in [6.45, 7) is 8.15. The van der Waals surface area contributed by atoms with Crippen LogP contribution in [0.1, 0.15) is 51.9 Å². The lowest BCUT2D eigenvalue weighted by Gasteiger charge is -2.31. The molecule has 6 nitrogen and oxygen atoms in total. The highest BCUT2D eigenvalue weighted by Gasteiger charge is 2.17. The molecular weight excluding hydrogens is 443 g/mol. The molecule has 0 spiro atoms. The van der Waals surface area contributed by atoms with Crippen LogP contribution in [0, 0.1) is 0 Å². The van der Waals surface area contributed by atoms with Crippen LogP contribution in [-0.4, -0.2) is 76.1 Å². The van der Waals surface area contributed by atoms with Crippen LogP contribution in [0.5, 0.6) is 0 Å². The lowest BCUT2D eigenvalue weighted by molar-refractivity contribution is 0.0424. The summed E-state index contributed by atoms with van der Waals surface area (Å²) in [7, 11) is 2.26. The van der Waals surface area contributed by atoms with Crippen LogP contribution in [0.15, 0.2) is 4.99 Å².